The zero-order valence-electron chi connectivity index (χ0n) is 12.2. The molecule has 2 nitrogen and oxygen atoms in total. The molecule has 2 aromatic rings. The average molecular weight is 268 g/mol. The van der Waals surface area contributed by atoms with Gasteiger partial charge in [0.15, 0.2) is 0 Å². The smallest absolute Gasteiger partial charge is 0.132 e. The molecule has 3 rings (SSSR count). The average Bonchev–Trinajstić information content (AvgIpc) is 2.51. The number of para-hydroxylation sites is 1. The monoisotopic (exact) mass is 268 g/mol. The molecule has 0 aromatic heterocycles. The Hall–Kier alpha value is -1.64. The molecule has 1 aliphatic rings. The second-order valence-electron chi connectivity index (χ2n) is 5.88. The van der Waals surface area contributed by atoms with Crippen LogP contribution in [0.25, 0.3) is 0 Å². The third-order valence-corrected chi connectivity index (χ3v) is 4.32. The molecule has 20 heavy (non-hydrogen) atoms. The highest BCUT2D eigenvalue weighted by atomic mass is 15.3. The zero-order valence-corrected chi connectivity index (χ0v) is 12.2. The maximum Gasteiger partial charge on any atom is 0.132 e. The van der Waals surface area contributed by atoms with Crippen LogP contribution in [0.4, 0.5) is 5.69 Å². The van der Waals surface area contributed by atoms with Crippen molar-refractivity contribution in [3.05, 3.63) is 65.7 Å². The number of nitrogens with one attached hydrogen (secondary N) is 2. The molecule has 1 saturated heterocycles. The van der Waals surface area contributed by atoms with Crippen molar-refractivity contribution in [3.63, 3.8) is 0 Å². The van der Waals surface area contributed by atoms with E-state index in [1.807, 2.05) is 0 Å². The van der Waals surface area contributed by atoms with Crippen LogP contribution in [0.5, 0.6) is 0 Å². The lowest BCUT2D eigenvalue weighted by Gasteiger charge is -2.29. The fourth-order valence-electron chi connectivity index (χ4n) is 3.04. The van der Waals surface area contributed by atoms with Gasteiger partial charge in [0.2, 0.25) is 0 Å². The second kappa shape index (κ2) is 6.21. The Morgan fingerprint density at radius 1 is 0.800 bits per heavy atom. The van der Waals surface area contributed by atoms with E-state index in [0.29, 0.717) is 0 Å². The molecule has 0 saturated carbocycles. The van der Waals surface area contributed by atoms with E-state index in [9.17, 15) is 0 Å². The maximum atomic E-state index is 2.28. The Balaban J connectivity index is 1.55. The largest absolute Gasteiger partial charge is 0.322 e. The van der Waals surface area contributed by atoms with Gasteiger partial charge in [-0.1, -0.05) is 48.0 Å². The van der Waals surface area contributed by atoms with Crippen molar-refractivity contribution in [1.82, 2.24) is 0 Å². The summed E-state index contributed by atoms with van der Waals surface area (Å²) in [5.41, 5.74) is 4.26. The molecule has 0 spiro atoms. The van der Waals surface area contributed by atoms with Gasteiger partial charge in [-0.05, 0) is 19.1 Å². The van der Waals surface area contributed by atoms with Gasteiger partial charge >= 0.3 is 0 Å². The van der Waals surface area contributed by atoms with Gasteiger partial charge < -0.3 is 4.90 Å². The fraction of sp³-hybridized carbons (Fsp3) is 0.333. The van der Waals surface area contributed by atoms with Crippen LogP contribution in [0.1, 0.15) is 11.1 Å². The van der Waals surface area contributed by atoms with E-state index in [2.05, 4.69) is 61.5 Å². The van der Waals surface area contributed by atoms with Gasteiger partial charge in [0.25, 0.3) is 0 Å². The highest BCUT2D eigenvalue weighted by molar-refractivity contribution is 5.27. The summed E-state index contributed by atoms with van der Waals surface area (Å²) in [6.45, 7) is 8.33. The topological polar surface area (TPSA) is 8.88 Å². The van der Waals surface area contributed by atoms with Crippen LogP contribution in [-0.4, -0.2) is 26.2 Å². The van der Waals surface area contributed by atoms with Crippen molar-refractivity contribution in [2.24, 2.45) is 0 Å². The van der Waals surface area contributed by atoms with Gasteiger partial charge in [-0.3, -0.25) is 4.90 Å². The molecule has 2 aromatic carbocycles. The zero-order chi connectivity index (χ0) is 13.8. The highest BCUT2D eigenvalue weighted by Gasteiger charge is 2.24. The predicted molar refractivity (Wildman–Crippen MR) is 82.4 cm³/mol. The first-order valence-electron chi connectivity index (χ1n) is 7.60. The summed E-state index contributed by atoms with van der Waals surface area (Å²) in [4.78, 5) is 3.35. The number of hydrogen-bond donors (Lipinski definition) is 2. The lowest BCUT2D eigenvalue weighted by atomic mass is 10.1. The van der Waals surface area contributed by atoms with Crippen molar-refractivity contribution in [2.45, 2.75) is 13.5 Å². The predicted octanol–water partition coefficient (Wildman–Crippen LogP) is 0.610. The Labute approximate surface area is 121 Å². The van der Waals surface area contributed by atoms with Crippen LogP contribution in [-0.2, 0) is 6.54 Å². The summed E-state index contributed by atoms with van der Waals surface area (Å²) in [5, 5.41) is 0. The molecule has 0 atom stereocenters. The van der Waals surface area contributed by atoms with Crippen molar-refractivity contribution >= 4 is 5.69 Å². The van der Waals surface area contributed by atoms with E-state index in [0.717, 1.165) is 0 Å². The van der Waals surface area contributed by atoms with E-state index >= 15 is 0 Å². The van der Waals surface area contributed by atoms with Gasteiger partial charge in [-0.2, -0.15) is 0 Å². The van der Waals surface area contributed by atoms with Gasteiger partial charge in [0, 0.05) is 5.56 Å². The minimum absolute atomic E-state index is 1.17. The summed E-state index contributed by atoms with van der Waals surface area (Å²) in [6, 6.07) is 19.9. The molecule has 0 aliphatic carbocycles. The maximum absolute atomic E-state index is 2.28. The van der Waals surface area contributed by atoms with Crippen molar-refractivity contribution in [2.75, 3.05) is 26.2 Å². The minimum atomic E-state index is 1.17. The molecule has 2 N–H and O–H groups in total. The van der Waals surface area contributed by atoms with Crippen molar-refractivity contribution in [1.29, 1.82) is 0 Å². The summed E-state index contributed by atoms with van der Waals surface area (Å²) >= 11 is 0. The van der Waals surface area contributed by atoms with Crippen LogP contribution < -0.4 is 9.80 Å². The molecular weight excluding hydrogens is 244 g/mol. The highest BCUT2D eigenvalue weighted by Crippen LogP contribution is 2.01. The molecule has 0 amide bonds. The number of quaternary nitrogens is 2. The summed E-state index contributed by atoms with van der Waals surface area (Å²) in [5.74, 6) is 0. The Kier molecular flexibility index (Phi) is 4.14. The number of rotatable bonds is 3. The molecule has 2 heteroatoms. The lowest BCUT2D eigenvalue weighted by molar-refractivity contribution is -0.994. The summed E-state index contributed by atoms with van der Waals surface area (Å²) in [7, 11) is 0. The normalized spacial score (nSPS) is 22.6. The van der Waals surface area contributed by atoms with Gasteiger partial charge in [0.05, 0.1) is 0 Å². The molecule has 104 valence electrons. The first-order valence-corrected chi connectivity index (χ1v) is 7.60. The van der Waals surface area contributed by atoms with E-state index in [4.69, 9.17) is 0 Å². The molecule has 0 unspecified atom stereocenters. The number of benzene rings is 2. The number of piperazine rings is 1. The molecule has 1 aliphatic heterocycles. The van der Waals surface area contributed by atoms with Crippen molar-refractivity contribution in [3.8, 4) is 0 Å². The molecule has 1 heterocycles. The fourth-order valence-corrected chi connectivity index (χ4v) is 3.04. The van der Waals surface area contributed by atoms with Crippen LogP contribution in [0.2, 0.25) is 0 Å². The SMILES string of the molecule is Cc1ccc(C[NH+]2CC[NH+](c3ccccc3)CC2)cc1. The minimum Gasteiger partial charge on any atom is -0.322 e. The van der Waals surface area contributed by atoms with E-state index in [-0.39, 0.29) is 0 Å². The van der Waals surface area contributed by atoms with Crippen LogP contribution >= 0.6 is 0 Å². The lowest BCUT2D eigenvalue weighted by Crippen LogP contribution is -3.25. The Bertz CT molecular complexity index is 525. The van der Waals surface area contributed by atoms with E-state index in [1.165, 1.54) is 49.5 Å². The first kappa shape index (κ1) is 13.3. The first-order chi connectivity index (χ1) is 9.81. The molecule has 1 fully saturated rings. The van der Waals surface area contributed by atoms with Crippen LogP contribution in [0.3, 0.4) is 0 Å². The Morgan fingerprint density at radius 2 is 1.45 bits per heavy atom. The van der Waals surface area contributed by atoms with Crippen molar-refractivity contribution < 1.29 is 9.80 Å². The van der Waals surface area contributed by atoms with Gasteiger partial charge in [-0.25, -0.2) is 0 Å². The van der Waals surface area contributed by atoms with E-state index in [1.54, 1.807) is 9.80 Å². The van der Waals surface area contributed by atoms with Crippen LogP contribution in [0, 0.1) is 6.92 Å². The van der Waals surface area contributed by atoms with Gasteiger partial charge in [0.1, 0.15) is 38.4 Å². The third-order valence-electron chi connectivity index (χ3n) is 4.32. The quantitative estimate of drug-likeness (QED) is 0.807. The Morgan fingerprint density at radius 3 is 2.10 bits per heavy atom. The second-order valence-corrected chi connectivity index (χ2v) is 5.88. The summed E-state index contributed by atoms with van der Waals surface area (Å²) < 4.78 is 0. The number of aryl methyl sites for hydroxylation is 1. The molecule has 0 radical (unpaired) electrons. The van der Waals surface area contributed by atoms with Gasteiger partial charge in [-0.15, -0.1) is 0 Å². The standard InChI is InChI=1S/C18H22N2/c1-16-7-9-17(10-8-16)15-19-11-13-20(14-12-19)18-5-3-2-4-6-18/h2-10H,11-15H2,1H3/p+2. The molecular formula is C18H24N2+2. The number of hydrogen-bond acceptors (Lipinski definition) is 0. The van der Waals surface area contributed by atoms with Crippen LogP contribution in [0.15, 0.2) is 54.6 Å². The molecule has 0 bridgehead atoms. The summed E-state index contributed by atoms with van der Waals surface area (Å²) in [6.07, 6.45) is 0. The van der Waals surface area contributed by atoms with E-state index < -0.39 is 0 Å². The third kappa shape index (κ3) is 3.27.